The van der Waals surface area contributed by atoms with Gasteiger partial charge in [-0.1, -0.05) is 0 Å². The van der Waals surface area contributed by atoms with Gasteiger partial charge in [-0.3, -0.25) is 0 Å². The summed E-state index contributed by atoms with van der Waals surface area (Å²) in [6.07, 6.45) is 0. The maximum atomic E-state index is 0. The van der Waals surface area contributed by atoms with Gasteiger partial charge in [-0.05, 0) is 0 Å². The Kier molecular flexibility index (Phi) is 146. The van der Waals surface area contributed by atoms with Crippen LogP contribution in [-0.2, 0) is 76.3 Å². The zero-order valence-corrected chi connectivity index (χ0v) is 7.24. The fourth-order valence-electron chi connectivity index (χ4n) is 0. The Morgan fingerprint density at radius 3 is 1.00 bits per heavy atom. The minimum atomic E-state index is 0. The van der Waals surface area contributed by atoms with Crippen molar-refractivity contribution in [2.45, 2.75) is 0 Å². The van der Waals surface area contributed by atoms with E-state index in [9.17, 15) is 0 Å². The zero-order chi connectivity index (χ0) is 0. The van der Waals surface area contributed by atoms with E-state index in [0.717, 1.165) is 0 Å². The van der Waals surface area contributed by atoms with Gasteiger partial charge in [0.1, 0.15) is 0 Å². The molecule has 0 fully saturated rings. The summed E-state index contributed by atoms with van der Waals surface area (Å²) in [5.41, 5.74) is 0. The van der Waals surface area contributed by atoms with Crippen molar-refractivity contribution in [3.63, 3.8) is 0 Å². The molecule has 4 heavy (non-hydrogen) atoms. The molecule has 0 bridgehead atoms. The van der Waals surface area contributed by atoms with E-state index in [1.54, 1.807) is 0 Å². The summed E-state index contributed by atoms with van der Waals surface area (Å²) in [5.74, 6) is 0. The molecule has 0 aliphatic carbocycles. The van der Waals surface area contributed by atoms with Crippen molar-refractivity contribution in [1.82, 2.24) is 0 Å². The Labute approximate surface area is 75.4 Å². The smallest absolute Gasteiger partial charge is 0 e. The third-order valence-electron chi connectivity index (χ3n) is 0. The number of hydrogen-bond acceptors (Lipinski definition) is 0. The molecule has 0 N–H and O–H groups in total. The fourth-order valence-corrected chi connectivity index (χ4v) is 0. The van der Waals surface area contributed by atoms with E-state index in [1.807, 2.05) is 0 Å². The van der Waals surface area contributed by atoms with Crippen molar-refractivity contribution in [2.24, 2.45) is 0 Å². The van der Waals surface area contributed by atoms with Gasteiger partial charge in [-0.25, -0.2) is 0 Å². The summed E-state index contributed by atoms with van der Waals surface area (Å²) >= 11 is 0. The molecule has 0 rings (SSSR count). The third-order valence-corrected chi connectivity index (χ3v) is 0. The molecular weight excluding hydrogens is 258 g/mol. The molecule has 0 aromatic carbocycles. The van der Waals surface area contributed by atoms with Gasteiger partial charge in [0.05, 0.1) is 0 Å². The first-order chi connectivity index (χ1) is 0. The first kappa shape index (κ1) is 32.2. The fraction of sp³-hybridized carbons (Fsp3) is 0. The molecule has 0 aliphatic rings. The van der Waals surface area contributed by atoms with Crippen LogP contribution in [0.2, 0.25) is 0 Å². The topological polar surface area (TPSA) is 0 Å². The first-order valence-electron chi connectivity index (χ1n) is 0. The van der Waals surface area contributed by atoms with Gasteiger partial charge in [-0.15, -0.1) is 0 Å². The maximum absolute atomic E-state index is 0. The summed E-state index contributed by atoms with van der Waals surface area (Å²) in [5, 5.41) is 0. The van der Waals surface area contributed by atoms with Crippen LogP contribution in [0.3, 0.4) is 0 Å². The van der Waals surface area contributed by atoms with E-state index in [2.05, 4.69) is 0 Å². The average molecular weight is 258 g/mol. The maximum Gasteiger partial charge on any atom is 0 e. The second-order valence-electron chi connectivity index (χ2n) is 0. The van der Waals surface area contributed by atoms with E-state index in [1.165, 1.54) is 0 Å². The predicted octanol–water partition coefficient (Wildman–Crippen LogP) is -0.0100. The zero-order valence-electron chi connectivity index (χ0n) is 1.58. The van der Waals surface area contributed by atoms with Crippen molar-refractivity contribution in [3.8, 4) is 0 Å². The second-order valence-corrected chi connectivity index (χ2v) is 0. The minimum Gasteiger partial charge on any atom is 0 e. The van der Waals surface area contributed by atoms with E-state index in [0.29, 0.717) is 0 Å². The first-order valence-corrected chi connectivity index (χ1v) is 0. The SMILES string of the molecule is [Fe].[Mo].[Ni].[Ti]. The Morgan fingerprint density at radius 1 is 1.00 bits per heavy atom. The molecular formula is FeMoNiTi. The van der Waals surface area contributed by atoms with Crippen LogP contribution in [0.5, 0.6) is 0 Å². The molecule has 0 atom stereocenters. The molecule has 0 nitrogen and oxygen atoms in total. The van der Waals surface area contributed by atoms with Crippen LogP contribution >= 0.6 is 0 Å². The molecule has 0 aliphatic heterocycles. The Balaban J connectivity index is 0. The van der Waals surface area contributed by atoms with Gasteiger partial charge in [0.25, 0.3) is 0 Å². The van der Waals surface area contributed by atoms with Crippen molar-refractivity contribution in [1.29, 1.82) is 0 Å². The van der Waals surface area contributed by atoms with E-state index >= 15 is 0 Å². The van der Waals surface area contributed by atoms with Crippen LogP contribution in [0, 0.1) is 0 Å². The molecule has 0 unspecified atom stereocenters. The van der Waals surface area contributed by atoms with Gasteiger partial charge in [0, 0.05) is 76.3 Å². The largest absolute Gasteiger partial charge is 0 e. The number of rotatable bonds is 0. The number of hydrogen-bond donors (Lipinski definition) is 0. The van der Waals surface area contributed by atoms with Crippen molar-refractivity contribution < 1.29 is 76.3 Å². The quantitative estimate of drug-likeness (QED) is 0.536. The molecule has 0 aromatic rings. The molecule has 0 heterocycles. The van der Waals surface area contributed by atoms with Crippen LogP contribution in [0.1, 0.15) is 0 Å². The Hall–Kier alpha value is 2.42. The van der Waals surface area contributed by atoms with Crippen LogP contribution < -0.4 is 0 Å². The van der Waals surface area contributed by atoms with Gasteiger partial charge >= 0.3 is 0 Å². The molecule has 0 amide bonds. The van der Waals surface area contributed by atoms with Crippen molar-refractivity contribution in [2.75, 3.05) is 0 Å². The molecule has 0 spiro atoms. The predicted molar refractivity (Wildman–Crippen MR) is 0 cm³/mol. The summed E-state index contributed by atoms with van der Waals surface area (Å²) in [7, 11) is 0. The summed E-state index contributed by atoms with van der Waals surface area (Å²) in [4.78, 5) is 0. The van der Waals surface area contributed by atoms with E-state index < -0.39 is 0 Å². The van der Waals surface area contributed by atoms with E-state index in [4.69, 9.17) is 0 Å². The molecule has 0 aromatic heterocycles. The standard InChI is InChI=1S/Fe.Mo.Ni.Ti. The second kappa shape index (κ2) is 18.1. The van der Waals surface area contributed by atoms with Gasteiger partial charge < -0.3 is 0 Å². The Bertz CT molecular complexity index is 8.00. The molecule has 0 saturated heterocycles. The van der Waals surface area contributed by atoms with Crippen molar-refractivity contribution in [3.05, 3.63) is 0 Å². The van der Waals surface area contributed by atoms with Gasteiger partial charge in [0.15, 0.2) is 0 Å². The normalized spacial score (nSPS) is 0. The van der Waals surface area contributed by atoms with E-state index in [-0.39, 0.29) is 76.3 Å². The van der Waals surface area contributed by atoms with Gasteiger partial charge in [0.2, 0.25) is 0 Å². The van der Waals surface area contributed by atoms with Crippen molar-refractivity contribution >= 4 is 0 Å². The van der Waals surface area contributed by atoms with Gasteiger partial charge in [-0.2, -0.15) is 0 Å². The summed E-state index contributed by atoms with van der Waals surface area (Å²) < 4.78 is 0. The Morgan fingerprint density at radius 2 is 1.00 bits per heavy atom. The summed E-state index contributed by atoms with van der Waals surface area (Å²) in [6, 6.07) is 0. The summed E-state index contributed by atoms with van der Waals surface area (Å²) in [6.45, 7) is 0. The minimum absolute atomic E-state index is 0. The molecule has 0 radical (unpaired) electrons. The van der Waals surface area contributed by atoms with Crippen LogP contribution in [0.15, 0.2) is 0 Å². The van der Waals surface area contributed by atoms with Crippen LogP contribution in [0.4, 0.5) is 0 Å². The average Bonchev–Trinajstić information content (AvgIpc) is 0. The molecule has 0 saturated carbocycles. The van der Waals surface area contributed by atoms with Crippen LogP contribution in [0.25, 0.3) is 0 Å². The third kappa shape index (κ3) is 8.83. The molecule has 4 heteroatoms. The monoisotopic (exact) mass is 260 g/mol. The van der Waals surface area contributed by atoms with Crippen LogP contribution in [-0.4, -0.2) is 0 Å². The molecule has 28 valence electrons.